The molecule has 2 heterocycles. The van der Waals surface area contributed by atoms with Gasteiger partial charge in [0.25, 0.3) is 5.91 Å². The molecule has 6 nitrogen and oxygen atoms in total. The van der Waals surface area contributed by atoms with Crippen LogP contribution in [0.4, 0.5) is 0 Å². The molecule has 1 aromatic heterocycles. The molecule has 1 aliphatic heterocycles. The summed E-state index contributed by atoms with van der Waals surface area (Å²) in [5.41, 5.74) is 1.38. The number of nitrogens with zero attached hydrogens (tertiary/aromatic N) is 3. The molecular formula is C17H26N4O2. The quantitative estimate of drug-likeness (QED) is 0.917. The van der Waals surface area contributed by atoms with Gasteiger partial charge in [0.2, 0.25) is 5.91 Å². The van der Waals surface area contributed by atoms with Crippen LogP contribution in [0.25, 0.3) is 0 Å². The molecular weight excluding hydrogens is 292 g/mol. The lowest BCUT2D eigenvalue weighted by atomic mass is 9.95. The first-order valence-corrected chi connectivity index (χ1v) is 8.34. The zero-order valence-electron chi connectivity index (χ0n) is 14.4. The zero-order chi connectivity index (χ0) is 17.0. The van der Waals surface area contributed by atoms with Crippen molar-refractivity contribution in [3.8, 4) is 0 Å². The number of aryl methyl sites for hydroxylation is 2. The summed E-state index contributed by atoms with van der Waals surface area (Å²) < 4.78 is 0. The Bertz CT molecular complexity index is 578. The van der Waals surface area contributed by atoms with Crippen LogP contribution in [0.1, 0.15) is 55.5 Å². The van der Waals surface area contributed by atoms with Crippen molar-refractivity contribution in [1.29, 1.82) is 0 Å². The molecule has 0 bridgehead atoms. The Labute approximate surface area is 137 Å². The van der Waals surface area contributed by atoms with Gasteiger partial charge in [0, 0.05) is 31.2 Å². The van der Waals surface area contributed by atoms with Gasteiger partial charge >= 0.3 is 0 Å². The summed E-state index contributed by atoms with van der Waals surface area (Å²) in [5, 5.41) is 2.95. The molecule has 1 fully saturated rings. The minimum Gasteiger partial charge on any atom is -0.354 e. The van der Waals surface area contributed by atoms with Crippen molar-refractivity contribution in [2.75, 3.05) is 13.1 Å². The number of hydrogen-bond acceptors (Lipinski definition) is 4. The molecule has 6 heteroatoms. The predicted molar refractivity (Wildman–Crippen MR) is 88.1 cm³/mol. The van der Waals surface area contributed by atoms with Crippen LogP contribution in [0.3, 0.4) is 0 Å². The average molecular weight is 318 g/mol. The fraction of sp³-hybridized carbons (Fsp3) is 0.647. The van der Waals surface area contributed by atoms with E-state index in [-0.39, 0.29) is 23.8 Å². The van der Waals surface area contributed by atoms with E-state index >= 15 is 0 Å². The molecule has 2 amide bonds. The van der Waals surface area contributed by atoms with Crippen LogP contribution >= 0.6 is 0 Å². The van der Waals surface area contributed by atoms with E-state index in [1.54, 1.807) is 6.20 Å². The maximum atomic E-state index is 12.7. The van der Waals surface area contributed by atoms with Crippen molar-refractivity contribution in [2.45, 2.75) is 53.0 Å². The van der Waals surface area contributed by atoms with Gasteiger partial charge in [-0.05, 0) is 40.0 Å². The third-order valence-corrected chi connectivity index (χ3v) is 4.14. The summed E-state index contributed by atoms with van der Waals surface area (Å²) in [4.78, 5) is 35.1. The molecule has 1 saturated heterocycles. The molecule has 0 unspecified atom stereocenters. The van der Waals surface area contributed by atoms with E-state index in [1.807, 2.05) is 32.6 Å². The highest BCUT2D eigenvalue weighted by atomic mass is 16.2. The summed E-state index contributed by atoms with van der Waals surface area (Å²) in [7, 11) is 0. The molecule has 0 aliphatic carbocycles. The fourth-order valence-corrected chi connectivity index (χ4v) is 2.88. The van der Waals surface area contributed by atoms with Gasteiger partial charge in [-0.25, -0.2) is 9.97 Å². The van der Waals surface area contributed by atoms with Crippen LogP contribution in [0.5, 0.6) is 0 Å². The Morgan fingerprint density at radius 3 is 2.57 bits per heavy atom. The first kappa shape index (κ1) is 17.4. The van der Waals surface area contributed by atoms with Crippen LogP contribution in [0, 0.1) is 12.8 Å². The molecule has 126 valence electrons. The van der Waals surface area contributed by atoms with E-state index in [4.69, 9.17) is 0 Å². The Morgan fingerprint density at radius 1 is 1.35 bits per heavy atom. The Kier molecular flexibility index (Phi) is 5.69. The van der Waals surface area contributed by atoms with Crippen molar-refractivity contribution in [3.63, 3.8) is 0 Å². The monoisotopic (exact) mass is 318 g/mol. The lowest BCUT2D eigenvalue weighted by molar-refractivity contribution is -0.126. The largest absolute Gasteiger partial charge is 0.354 e. The molecule has 0 aromatic carbocycles. The van der Waals surface area contributed by atoms with Crippen molar-refractivity contribution in [1.82, 2.24) is 20.2 Å². The normalized spacial score (nSPS) is 15.8. The number of hydrogen-bond donors (Lipinski definition) is 1. The molecule has 2 rings (SSSR count). The number of carbonyl (C=O) groups excluding carboxylic acids is 2. The predicted octanol–water partition coefficient (Wildman–Crippen LogP) is 1.72. The lowest BCUT2D eigenvalue weighted by Gasteiger charge is -2.32. The SMILES string of the molecule is CCc1nc(C)ncc1C(=O)N1CCC(C(=O)NC(C)C)CC1. The van der Waals surface area contributed by atoms with E-state index < -0.39 is 0 Å². The second-order valence-electron chi connectivity index (χ2n) is 6.36. The van der Waals surface area contributed by atoms with Crippen molar-refractivity contribution < 1.29 is 9.59 Å². The van der Waals surface area contributed by atoms with Crippen LogP contribution in [0.2, 0.25) is 0 Å². The van der Waals surface area contributed by atoms with Crippen molar-refractivity contribution in [3.05, 3.63) is 23.3 Å². The number of nitrogens with one attached hydrogen (secondary N) is 1. The third-order valence-electron chi connectivity index (χ3n) is 4.14. The molecule has 1 N–H and O–H groups in total. The molecule has 0 atom stereocenters. The summed E-state index contributed by atoms with van der Waals surface area (Å²) >= 11 is 0. The second kappa shape index (κ2) is 7.53. The van der Waals surface area contributed by atoms with Crippen LogP contribution in [-0.4, -0.2) is 45.8 Å². The van der Waals surface area contributed by atoms with Gasteiger partial charge in [0.1, 0.15) is 5.82 Å². The summed E-state index contributed by atoms with van der Waals surface area (Å²) in [6, 6.07) is 0.152. The van der Waals surface area contributed by atoms with Gasteiger partial charge in [-0.2, -0.15) is 0 Å². The van der Waals surface area contributed by atoms with E-state index in [2.05, 4.69) is 15.3 Å². The summed E-state index contributed by atoms with van der Waals surface area (Å²) in [5.74, 6) is 0.758. The summed E-state index contributed by atoms with van der Waals surface area (Å²) in [6.07, 6.45) is 3.75. The number of amides is 2. The highest BCUT2D eigenvalue weighted by Crippen LogP contribution is 2.20. The van der Waals surface area contributed by atoms with Crippen molar-refractivity contribution in [2.24, 2.45) is 5.92 Å². The van der Waals surface area contributed by atoms with Gasteiger partial charge < -0.3 is 10.2 Å². The molecule has 0 radical (unpaired) electrons. The maximum Gasteiger partial charge on any atom is 0.257 e. The minimum atomic E-state index is -0.0235. The number of aromatic nitrogens is 2. The van der Waals surface area contributed by atoms with E-state index in [0.29, 0.717) is 43.7 Å². The topological polar surface area (TPSA) is 75.2 Å². The molecule has 0 spiro atoms. The van der Waals surface area contributed by atoms with Gasteiger partial charge in [0.15, 0.2) is 0 Å². The third kappa shape index (κ3) is 4.27. The molecule has 1 aromatic rings. The van der Waals surface area contributed by atoms with Crippen LogP contribution in [0.15, 0.2) is 6.20 Å². The van der Waals surface area contributed by atoms with E-state index in [0.717, 1.165) is 5.69 Å². The highest BCUT2D eigenvalue weighted by Gasteiger charge is 2.29. The number of rotatable bonds is 4. The van der Waals surface area contributed by atoms with Crippen LogP contribution < -0.4 is 5.32 Å². The second-order valence-corrected chi connectivity index (χ2v) is 6.36. The highest BCUT2D eigenvalue weighted by molar-refractivity contribution is 5.95. The lowest BCUT2D eigenvalue weighted by Crippen LogP contribution is -2.44. The molecule has 1 aliphatic rings. The first-order valence-electron chi connectivity index (χ1n) is 8.34. The van der Waals surface area contributed by atoms with Gasteiger partial charge in [-0.3, -0.25) is 9.59 Å². The van der Waals surface area contributed by atoms with Crippen molar-refractivity contribution >= 4 is 11.8 Å². The maximum absolute atomic E-state index is 12.7. The van der Waals surface area contributed by atoms with E-state index in [1.165, 1.54) is 0 Å². The number of piperidine rings is 1. The zero-order valence-corrected chi connectivity index (χ0v) is 14.4. The summed E-state index contributed by atoms with van der Waals surface area (Å²) in [6.45, 7) is 8.94. The van der Waals surface area contributed by atoms with E-state index in [9.17, 15) is 9.59 Å². The standard InChI is InChI=1S/C17H26N4O2/c1-5-15-14(10-18-12(4)20-15)17(23)21-8-6-13(7-9-21)16(22)19-11(2)3/h10-11,13H,5-9H2,1-4H3,(H,19,22). The smallest absolute Gasteiger partial charge is 0.257 e. The van der Waals surface area contributed by atoms with Gasteiger partial charge in [-0.1, -0.05) is 6.92 Å². The number of likely N-dealkylation sites (tertiary alicyclic amines) is 1. The van der Waals surface area contributed by atoms with Gasteiger partial charge in [-0.15, -0.1) is 0 Å². The van der Waals surface area contributed by atoms with Gasteiger partial charge in [0.05, 0.1) is 11.3 Å². The first-order chi connectivity index (χ1) is 10.9. The molecule has 0 saturated carbocycles. The Balaban J connectivity index is 2.00. The molecule has 23 heavy (non-hydrogen) atoms. The fourth-order valence-electron chi connectivity index (χ4n) is 2.88. The van der Waals surface area contributed by atoms with Crippen LogP contribution in [-0.2, 0) is 11.2 Å². The Morgan fingerprint density at radius 2 is 2.00 bits per heavy atom. The number of carbonyl (C=O) groups is 2. The minimum absolute atomic E-state index is 0.00126. The Hall–Kier alpha value is -1.98. The average Bonchev–Trinajstić information content (AvgIpc) is 2.53.